The molecule has 2 aromatic rings. The second-order valence-electron chi connectivity index (χ2n) is 6.94. The van der Waals surface area contributed by atoms with Crippen LogP contribution >= 0.6 is 11.3 Å². The van der Waals surface area contributed by atoms with Gasteiger partial charge in [-0.1, -0.05) is 37.3 Å². The van der Waals surface area contributed by atoms with Crippen molar-refractivity contribution in [1.82, 2.24) is 9.62 Å². The van der Waals surface area contributed by atoms with Crippen LogP contribution in [0.2, 0.25) is 0 Å². The quantitative estimate of drug-likeness (QED) is 0.797. The van der Waals surface area contributed by atoms with Crippen molar-refractivity contribution in [2.75, 3.05) is 13.1 Å². The fourth-order valence-electron chi connectivity index (χ4n) is 3.35. The molecule has 1 aliphatic heterocycles. The average molecular weight is 407 g/mol. The second-order valence-corrected chi connectivity index (χ2v) is 10.0. The Morgan fingerprint density at radius 2 is 1.89 bits per heavy atom. The number of hydrogen-bond acceptors (Lipinski definition) is 4. The minimum Gasteiger partial charge on any atom is -0.349 e. The molecule has 146 valence electrons. The first-order valence-electron chi connectivity index (χ1n) is 9.34. The molecule has 0 spiro atoms. The van der Waals surface area contributed by atoms with Gasteiger partial charge in [-0.3, -0.25) is 4.79 Å². The molecule has 0 bridgehead atoms. The minimum absolute atomic E-state index is 0.00948. The Morgan fingerprint density at radius 3 is 2.44 bits per heavy atom. The predicted octanol–water partition coefficient (Wildman–Crippen LogP) is 3.59. The van der Waals surface area contributed by atoms with E-state index in [1.165, 1.54) is 21.2 Å². The maximum Gasteiger partial charge on any atom is 0.252 e. The van der Waals surface area contributed by atoms with E-state index in [1.807, 2.05) is 6.92 Å². The first kappa shape index (κ1) is 20.0. The highest BCUT2D eigenvalue weighted by Gasteiger charge is 2.32. The van der Waals surface area contributed by atoms with E-state index < -0.39 is 10.0 Å². The first-order valence-corrected chi connectivity index (χ1v) is 11.7. The monoisotopic (exact) mass is 406 g/mol. The molecule has 0 aliphatic carbocycles. The van der Waals surface area contributed by atoms with Crippen molar-refractivity contribution in [1.29, 1.82) is 0 Å². The molecular formula is C20H26N2O3S2. The molecule has 1 saturated heterocycles. The largest absolute Gasteiger partial charge is 0.349 e. The van der Waals surface area contributed by atoms with Crippen LogP contribution in [0, 0.1) is 5.92 Å². The van der Waals surface area contributed by atoms with Gasteiger partial charge in [-0.25, -0.2) is 8.42 Å². The van der Waals surface area contributed by atoms with Crippen molar-refractivity contribution >= 4 is 27.3 Å². The zero-order valence-electron chi connectivity index (χ0n) is 15.7. The number of piperidine rings is 1. The molecule has 1 atom stereocenters. The maximum atomic E-state index is 12.6. The fourth-order valence-corrected chi connectivity index (χ4v) is 5.97. The van der Waals surface area contributed by atoms with E-state index in [0.29, 0.717) is 30.1 Å². The number of aryl methyl sites for hydroxylation is 1. The van der Waals surface area contributed by atoms with Gasteiger partial charge in [0.25, 0.3) is 10.0 Å². The Hall–Kier alpha value is -1.70. The van der Waals surface area contributed by atoms with Gasteiger partial charge in [-0.2, -0.15) is 4.31 Å². The van der Waals surface area contributed by atoms with Crippen LogP contribution in [0.25, 0.3) is 0 Å². The first-order chi connectivity index (χ1) is 12.9. The Kier molecular flexibility index (Phi) is 6.34. The molecule has 1 aromatic carbocycles. The molecule has 1 fully saturated rings. The lowest BCUT2D eigenvalue weighted by molar-refractivity contribution is -0.126. The molecular weight excluding hydrogens is 380 g/mol. The van der Waals surface area contributed by atoms with Crippen molar-refractivity contribution in [2.45, 2.75) is 43.4 Å². The summed E-state index contributed by atoms with van der Waals surface area (Å²) in [4.78, 5) is 12.6. The summed E-state index contributed by atoms with van der Waals surface area (Å²) in [7, 11) is -3.42. The van der Waals surface area contributed by atoms with E-state index >= 15 is 0 Å². The van der Waals surface area contributed by atoms with Gasteiger partial charge in [-0.15, -0.1) is 11.3 Å². The Balaban J connectivity index is 1.55. The Labute approximate surface area is 165 Å². The molecule has 2 heterocycles. The number of carbonyl (C=O) groups is 1. The molecule has 0 unspecified atom stereocenters. The van der Waals surface area contributed by atoms with Gasteiger partial charge in [-0.05, 0) is 48.8 Å². The second kappa shape index (κ2) is 8.54. The van der Waals surface area contributed by atoms with E-state index in [4.69, 9.17) is 0 Å². The van der Waals surface area contributed by atoms with E-state index in [0.717, 1.165) is 12.0 Å². The third-order valence-corrected chi connectivity index (χ3v) is 8.43. The average Bonchev–Trinajstić information content (AvgIpc) is 3.24. The van der Waals surface area contributed by atoms with E-state index in [1.54, 1.807) is 17.5 Å². The van der Waals surface area contributed by atoms with Crippen LogP contribution in [0.5, 0.6) is 0 Å². The van der Waals surface area contributed by atoms with Gasteiger partial charge in [0.05, 0.1) is 6.04 Å². The molecule has 3 rings (SSSR count). The van der Waals surface area contributed by atoms with Gasteiger partial charge in [0.1, 0.15) is 4.21 Å². The highest BCUT2D eigenvalue weighted by Crippen LogP contribution is 2.27. The summed E-state index contributed by atoms with van der Waals surface area (Å²) in [6.07, 6.45) is 2.10. The molecule has 1 aromatic heterocycles. The van der Waals surface area contributed by atoms with Crippen LogP contribution in [0.15, 0.2) is 46.0 Å². The number of carbonyl (C=O) groups excluding carboxylic acids is 1. The molecule has 0 saturated carbocycles. The molecule has 1 amide bonds. The van der Waals surface area contributed by atoms with Crippen LogP contribution in [-0.2, 0) is 21.2 Å². The number of nitrogens with zero attached hydrogens (tertiary/aromatic N) is 1. The maximum absolute atomic E-state index is 12.6. The Morgan fingerprint density at radius 1 is 1.22 bits per heavy atom. The number of rotatable bonds is 6. The van der Waals surface area contributed by atoms with Crippen molar-refractivity contribution in [3.05, 3.63) is 52.9 Å². The summed E-state index contributed by atoms with van der Waals surface area (Å²) >= 11 is 1.23. The third-order valence-electron chi connectivity index (χ3n) is 5.16. The van der Waals surface area contributed by atoms with Crippen LogP contribution in [0.3, 0.4) is 0 Å². The SMILES string of the molecule is CCc1ccc([C@@H](C)NC(=O)C2CCN(S(=O)(=O)c3cccs3)CC2)cc1. The topological polar surface area (TPSA) is 66.5 Å². The zero-order valence-corrected chi connectivity index (χ0v) is 17.4. The molecule has 1 N–H and O–H groups in total. The lowest BCUT2D eigenvalue weighted by Gasteiger charge is -2.30. The van der Waals surface area contributed by atoms with E-state index in [9.17, 15) is 13.2 Å². The van der Waals surface area contributed by atoms with Crippen LogP contribution in [0.1, 0.15) is 43.9 Å². The summed E-state index contributed by atoms with van der Waals surface area (Å²) < 4.78 is 27.0. The lowest BCUT2D eigenvalue weighted by atomic mass is 9.96. The summed E-state index contributed by atoms with van der Waals surface area (Å²) in [6.45, 7) is 4.87. The number of hydrogen-bond donors (Lipinski definition) is 1. The molecule has 27 heavy (non-hydrogen) atoms. The molecule has 1 aliphatic rings. The zero-order chi connectivity index (χ0) is 19.4. The van der Waals surface area contributed by atoms with E-state index in [-0.39, 0.29) is 17.9 Å². The summed E-state index contributed by atoms with van der Waals surface area (Å²) in [6, 6.07) is 11.6. The van der Waals surface area contributed by atoms with Crippen molar-refractivity contribution in [3.63, 3.8) is 0 Å². The van der Waals surface area contributed by atoms with Crippen LogP contribution in [0.4, 0.5) is 0 Å². The van der Waals surface area contributed by atoms with Crippen molar-refractivity contribution in [2.24, 2.45) is 5.92 Å². The summed E-state index contributed by atoms with van der Waals surface area (Å²) in [5.74, 6) is -0.132. The fraction of sp³-hybridized carbons (Fsp3) is 0.450. The van der Waals surface area contributed by atoms with Crippen LogP contribution in [-0.4, -0.2) is 31.7 Å². The van der Waals surface area contributed by atoms with Gasteiger partial charge in [0, 0.05) is 19.0 Å². The number of sulfonamides is 1. The standard InChI is InChI=1S/C20H26N2O3S2/c1-3-16-6-8-17(9-7-16)15(2)21-20(23)18-10-12-22(13-11-18)27(24,25)19-5-4-14-26-19/h4-9,14-15,18H,3,10-13H2,1-2H3,(H,21,23)/t15-/m1/s1. The number of amides is 1. The molecule has 0 radical (unpaired) electrons. The van der Waals surface area contributed by atoms with Crippen molar-refractivity contribution in [3.8, 4) is 0 Å². The smallest absolute Gasteiger partial charge is 0.252 e. The molecule has 5 nitrogen and oxygen atoms in total. The van der Waals surface area contributed by atoms with Gasteiger partial charge < -0.3 is 5.32 Å². The van der Waals surface area contributed by atoms with Gasteiger partial charge in [0.2, 0.25) is 5.91 Å². The van der Waals surface area contributed by atoms with Crippen LogP contribution < -0.4 is 5.32 Å². The normalized spacial score (nSPS) is 17.6. The highest BCUT2D eigenvalue weighted by atomic mass is 32.2. The van der Waals surface area contributed by atoms with Crippen molar-refractivity contribution < 1.29 is 13.2 Å². The third kappa shape index (κ3) is 4.59. The minimum atomic E-state index is -3.42. The van der Waals surface area contributed by atoms with Gasteiger partial charge >= 0.3 is 0 Å². The number of thiophene rings is 1. The highest BCUT2D eigenvalue weighted by molar-refractivity contribution is 7.91. The Bertz CT molecular complexity index is 853. The van der Waals surface area contributed by atoms with Gasteiger partial charge in [0.15, 0.2) is 0 Å². The predicted molar refractivity (Wildman–Crippen MR) is 108 cm³/mol. The lowest BCUT2D eigenvalue weighted by Crippen LogP contribution is -2.43. The van der Waals surface area contributed by atoms with E-state index in [2.05, 4.69) is 36.5 Å². The summed E-state index contributed by atoms with van der Waals surface area (Å²) in [5.41, 5.74) is 2.36. The molecule has 7 heteroatoms. The number of nitrogens with one attached hydrogen (secondary N) is 1. The summed E-state index contributed by atoms with van der Waals surface area (Å²) in [5, 5.41) is 4.85. The number of benzene rings is 1.